The van der Waals surface area contributed by atoms with Gasteiger partial charge in [-0.05, 0) is 78.7 Å². The molecular formula is C36H25F. The fourth-order valence-corrected chi connectivity index (χ4v) is 6.02. The summed E-state index contributed by atoms with van der Waals surface area (Å²) in [5.74, 6) is 0.169. The Kier molecular flexibility index (Phi) is 5.22. The molecule has 0 saturated heterocycles. The number of fused-ring (bicyclic) bond motifs is 3. The van der Waals surface area contributed by atoms with Crippen LogP contribution >= 0.6 is 0 Å². The maximum atomic E-state index is 13.8. The monoisotopic (exact) mass is 476 g/mol. The van der Waals surface area contributed by atoms with Crippen molar-refractivity contribution in [3.8, 4) is 22.3 Å². The fourth-order valence-electron chi connectivity index (χ4n) is 6.02. The Hall–Kier alpha value is -4.49. The van der Waals surface area contributed by atoms with Crippen LogP contribution in [-0.2, 0) is 0 Å². The summed E-state index contributed by atoms with van der Waals surface area (Å²) in [4.78, 5) is 0. The van der Waals surface area contributed by atoms with E-state index < -0.39 is 0 Å². The van der Waals surface area contributed by atoms with Crippen molar-refractivity contribution >= 4 is 32.3 Å². The number of halogens is 1. The third-order valence-electron chi connectivity index (χ3n) is 7.67. The first-order valence-electron chi connectivity index (χ1n) is 12.8. The van der Waals surface area contributed by atoms with E-state index in [1.807, 2.05) is 12.1 Å². The summed E-state index contributed by atoms with van der Waals surface area (Å²) in [7, 11) is 0. The zero-order valence-corrected chi connectivity index (χ0v) is 20.4. The molecule has 0 saturated carbocycles. The minimum atomic E-state index is -0.219. The van der Waals surface area contributed by atoms with Crippen LogP contribution in [0.15, 0.2) is 133 Å². The van der Waals surface area contributed by atoms with Crippen molar-refractivity contribution in [2.45, 2.75) is 12.3 Å². The van der Waals surface area contributed by atoms with Crippen molar-refractivity contribution in [2.75, 3.05) is 0 Å². The molecule has 0 spiro atoms. The molecule has 0 heterocycles. The quantitative estimate of drug-likeness (QED) is 0.223. The van der Waals surface area contributed by atoms with Crippen LogP contribution < -0.4 is 0 Å². The normalized spacial score (nSPS) is 15.1. The largest absolute Gasteiger partial charge is 0.207 e. The Labute approximate surface area is 216 Å². The molecule has 0 amide bonds. The van der Waals surface area contributed by atoms with Crippen LogP contribution in [0, 0.1) is 5.82 Å². The smallest absolute Gasteiger partial charge is 0.123 e. The zero-order valence-electron chi connectivity index (χ0n) is 20.4. The van der Waals surface area contributed by atoms with Crippen molar-refractivity contribution < 1.29 is 4.39 Å². The third kappa shape index (κ3) is 3.58. The second kappa shape index (κ2) is 8.87. The molecule has 0 aliphatic heterocycles. The van der Waals surface area contributed by atoms with Gasteiger partial charge in [-0.1, -0.05) is 121 Å². The highest BCUT2D eigenvalue weighted by atomic mass is 19.1. The van der Waals surface area contributed by atoms with Crippen LogP contribution in [0.4, 0.5) is 4.39 Å². The maximum Gasteiger partial charge on any atom is 0.123 e. The van der Waals surface area contributed by atoms with Crippen molar-refractivity contribution in [1.29, 1.82) is 0 Å². The SMILES string of the molecule is Fc1ccc(-c2c3ccccc3c(-c3ccc(C4C=CC=CC4)c4ccccc34)c3ccccc23)cc1. The van der Waals surface area contributed by atoms with Crippen LogP contribution in [0.2, 0.25) is 0 Å². The Morgan fingerprint density at radius 1 is 0.514 bits per heavy atom. The van der Waals surface area contributed by atoms with E-state index in [0.29, 0.717) is 5.92 Å². The molecule has 0 aromatic heterocycles. The molecule has 0 radical (unpaired) electrons. The molecular weight excluding hydrogens is 451 g/mol. The fraction of sp³-hybridized carbons (Fsp3) is 0.0556. The number of benzene rings is 6. The highest BCUT2D eigenvalue weighted by molar-refractivity contribution is 6.23. The first kappa shape index (κ1) is 21.8. The maximum absolute atomic E-state index is 13.8. The van der Waals surface area contributed by atoms with E-state index in [1.54, 1.807) is 12.1 Å². The van der Waals surface area contributed by atoms with Gasteiger partial charge >= 0.3 is 0 Å². The molecule has 1 aliphatic carbocycles. The molecule has 0 nitrogen and oxygen atoms in total. The molecule has 1 heteroatoms. The van der Waals surface area contributed by atoms with Gasteiger partial charge in [-0.3, -0.25) is 0 Å². The molecule has 0 N–H and O–H groups in total. The van der Waals surface area contributed by atoms with Crippen molar-refractivity contribution in [2.24, 2.45) is 0 Å². The van der Waals surface area contributed by atoms with Gasteiger partial charge in [0, 0.05) is 5.92 Å². The lowest BCUT2D eigenvalue weighted by molar-refractivity contribution is 0.628. The van der Waals surface area contributed by atoms with Gasteiger partial charge in [-0.25, -0.2) is 4.39 Å². The molecule has 6 aromatic rings. The van der Waals surface area contributed by atoms with Crippen LogP contribution in [0.25, 0.3) is 54.6 Å². The van der Waals surface area contributed by atoms with E-state index in [-0.39, 0.29) is 5.82 Å². The summed E-state index contributed by atoms with van der Waals surface area (Å²) in [5, 5.41) is 7.35. The predicted molar refractivity (Wildman–Crippen MR) is 155 cm³/mol. The Bertz CT molecular complexity index is 1800. The van der Waals surface area contributed by atoms with E-state index >= 15 is 0 Å². The molecule has 7 rings (SSSR count). The van der Waals surface area contributed by atoms with E-state index in [4.69, 9.17) is 0 Å². The first-order chi connectivity index (χ1) is 18.3. The second-order valence-electron chi connectivity index (χ2n) is 9.75. The number of rotatable bonds is 3. The lowest BCUT2D eigenvalue weighted by atomic mass is 9.82. The van der Waals surface area contributed by atoms with Crippen LogP contribution in [-0.4, -0.2) is 0 Å². The van der Waals surface area contributed by atoms with Crippen molar-refractivity contribution in [1.82, 2.24) is 0 Å². The minimum Gasteiger partial charge on any atom is -0.207 e. The molecule has 176 valence electrons. The predicted octanol–water partition coefficient (Wildman–Crippen LogP) is 10.2. The first-order valence-corrected chi connectivity index (χ1v) is 12.8. The van der Waals surface area contributed by atoms with Gasteiger partial charge < -0.3 is 0 Å². The lowest BCUT2D eigenvalue weighted by Gasteiger charge is -2.21. The summed E-state index contributed by atoms with van der Waals surface area (Å²) >= 11 is 0. The summed E-state index contributed by atoms with van der Waals surface area (Å²) in [6, 6.07) is 37.6. The Morgan fingerprint density at radius 3 is 1.68 bits per heavy atom. The standard InChI is InChI=1S/C36H25F/c37-26-20-18-25(19-21-26)35-30-14-6-8-16-32(30)36(33-17-9-7-15-31(33)35)34-23-22-27(24-10-2-1-3-11-24)28-12-4-5-13-29(28)34/h1-10,12-24H,11H2. The van der Waals surface area contributed by atoms with Gasteiger partial charge in [0.25, 0.3) is 0 Å². The van der Waals surface area contributed by atoms with Gasteiger partial charge in [0.2, 0.25) is 0 Å². The van der Waals surface area contributed by atoms with Crippen molar-refractivity contribution in [3.05, 3.63) is 145 Å². The Balaban J connectivity index is 1.58. The number of hydrogen-bond acceptors (Lipinski definition) is 0. The topological polar surface area (TPSA) is 0 Å². The van der Waals surface area contributed by atoms with Gasteiger partial charge in [0.1, 0.15) is 5.82 Å². The van der Waals surface area contributed by atoms with Crippen LogP contribution in [0.1, 0.15) is 17.9 Å². The number of hydrogen-bond donors (Lipinski definition) is 0. The molecule has 6 aromatic carbocycles. The number of allylic oxidation sites excluding steroid dienone is 4. The minimum absolute atomic E-state index is 0.219. The van der Waals surface area contributed by atoms with Gasteiger partial charge in [0.05, 0.1) is 0 Å². The van der Waals surface area contributed by atoms with E-state index in [2.05, 4.69) is 109 Å². The third-order valence-corrected chi connectivity index (χ3v) is 7.67. The van der Waals surface area contributed by atoms with E-state index in [0.717, 1.165) is 17.5 Å². The summed E-state index contributed by atoms with van der Waals surface area (Å²) in [5.41, 5.74) is 6.04. The molecule has 0 fully saturated rings. The molecule has 37 heavy (non-hydrogen) atoms. The summed E-state index contributed by atoms with van der Waals surface area (Å²) < 4.78 is 13.8. The highest BCUT2D eigenvalue weighted by Gasteiger charge is 2.20. The summed E-state index contributed by atoms with van der Waals surface area (Å²) in [6.07, 6.45) is 9.88. The molecule has 1 atom stereocenters. The van der Waals surface area contributed by atoms with Gasteiger partial charge in [-0.2, -0.15) is 0 Å². The van der Waals surface area contributed by atoms with Gasteiger partial charge in [0.15, 0.2) is 0 Å². The molecule has 0 bridgehead atoms. The van der Waals surface area contributed by atoms with E-state index in [1.165, 1.54) is 49.0 Å². The molecule has 1 aliphatic rings. The van der Waals surface area contributed by atoms with Crippen LogP contribution in [0.5, 0.6) is 0 Å². The molecule has 1 unspecified atom stereocenters. The Morgan fingerprint density at radius 2 is 1.08 bits per heavy atom. The lowest BCUT2D eigenvalue weighted by Crippen LogP contribution is -1.99. The highest BCUT2D eigenvalue weighted by Crippen LogP contribution is 2.46. The van der Waals surface area contributed by atoms with E-state index in [9.17, 15) is 4.39 Å². The second-order valence-corrected chi connectivity index (χ2v) is 9.75. The van der Waals surface area contributed by atoms with Crippen molar-refractivity contribution in [3.63, 3.8) is 0 Å². The average Bonchev–Trinajstić information content (AvgIpc) is 2.96. The van der Waals surface area contributed by atoms with Crippen LogP contribution in [0.3, 0.4) is 0 Å². The zero-order chi connectivity index (χ0) is 24.8. The average molecular weight is 477 g/mol. The van der Waals surface area contributed by atoms with Gasteiger partial charge in [-0.15, -0.1) is 0 Å². The summed E-state index contributed by atoms with van der Waals surface area (Å²) in [6.45, 7) is 0.